The van der Waals surface area contributed by atoms with Crippen molar-refractivity contribution >= 4 is 11.9 Å². The molecule has 0 amide bonds. The summed E-state index contributed by atoms with van der Waals surface area (Å²) in [5.41, 5.74) is 3.45. The molecule has 34 heavy (non-hydrogen) atoms. The monoisotopic (exact) mass is 470 g/mol. The zero-order chi connectivity index (χ0) is 25.5. The summed E-state index contributed by atoms with van der Waals surface area (Å²) in [6, 6.07) is 0. The fourth-order valence-electron chi connectivity index (χ4n) is 8.44. The molecule has 0 spiro atoms. The average molecular weight is 471 g/mol. The second-order valence-corrected chi connectivity index (χ2v) is 12.4. The topological polar surface area (TPSA) is 74.6 Å². The van der Waals surface area contributed by atoms with Crippen molar-refractivity contribution in [3.63, 3.8) is 0 Å². The molecule has 0 saturated heterocycles. The van der Waals surface area contributed by atoms with Crippen LogP contribution >= 0.6 is 0 Å². The van der Waals surface area contributed by atoms with Gasteiger partial charge in [0.2, 0.25) is 0 Å². The highest BCUT2D eigenvalue weighted by Gasteiger charge is 2.63. The average Bonchev–Trinajstić information content (AvgIpc) is 3.03. The van der Waals surface area contributed by atoms with Crippen molar-refractivity contribution in [1.82, 2.24) is 0 Å². The van der Waals surface area contributed by atoms with E-state index in [1.54, 1.807) is 6.92 Å². The summed E-state index contributed by atoms with van der Waals surface area (Å²) in [6.45, 7) is 17.8. The van der Waals surface area contributed by atoms with E-state index in [2.05, 4.69) is 47.3 Å². The Bertz CT molecular complexity index is 897. The molecule has 0 unspecified atom stereocenters. The number of hydrogen-bond acceptors (Lipinski definition) is 2. The number of aliphatic carboxylic acids is 2. The summed E-state index contributed by atoms with van der Waals surface area (Å²) in [5, 5.41) is 18.6. The normalized spacial score (nSPS) is 38.5. The second kappa shape index (κ2) is 9.66. The number of carbonyl (C=O) groups is 2. The minimum Gasteiger partial charge on any atom is -0.481 e. The molecule has 2 N–H and O–H groups in total. The van der Waals surface area contributed by atoms with Gasteiger partial charge in [0.15, 0.2) is 0 Å². The SMILES string of the molecule is C=C(C)[C@@H]1CC[C@@H]2C(=CC[C@]3(C)[C@@H]([C@H](C)CC/C=C(/C)C(=O)O)CC[C@@]23C)[C@@]1(C)CCC(=O)O. The summed E-state index contributed by atoms with van der Waals surface area (Å²) < 4.78 is 0. The van der Waals surface area contributed by atoms with Gasteiger partial charge >= 0.3 is 11.9 Å². The van der Waals surface area contributed by atoms with Crippen LogP contribution < -0.4 is 0 Å². The van der Waals surface area contributed by atoms with Gasteiger partial charge < -0.3 is 10.2 Å². The summed E-state index contributed by atoms with van der Waals surface area (Å²) >= 11 is 0. The summed E-state index contributed by atoms with van der Waals surface area (Å²) in [5.74, 6) is 0.491. The third-order valence-corrected chi connectivity index (χ3v) is 10.7. The van der Waals surface area contributed by atoms with E-state index in [1.165, 1.54) is 30.4 Å². The molecular formula is C30H46O4. The van der Waals surface area contributed by atoms with E-state index < -0.39 is 11.9 Å². The molecule has 3 aliphatic carbocycles. The number of allylic oxidation sites excluding steroid dienone is 4. The number of fused-ring (bicyclic) bond motifs is 3. The predicted molar refractivity (Wildman–Crippen MR) is 137 cm³/mol. The zero-order valence-electron chi connectivity index (χ0n) is 22.2. The van der Waals surface area contributed by atoms with Gasteiger partial charge in [0.05, 0.1) is 0 Å². The molecule has 7 atom stereocenters. The maximum Gasteiger partial charge on any atom is 0.330 e. The zero-order valence-corrected chi connectivity index (χ0v) is 22.2. The van der Waals surface area contributed by atoms with Crippen LogP contribution in [0.1, 0.15) is 99.3 Å². The van der Waals surface area contributed by atoms with Crippen LogP contribution in [-0.2, 0) is 9.59 Å². The number of carboxylic acids is 2. The van der Waals surface area contributed by atoms with Crippen molar-refractivity contribution in [3.8, 4) is 0 Å². The van der Waals surface area contributed by atoms with Crippen LogP contribution in [0.4, 0.5) is 0 Å². The first-order chi connectivity index (χ1) is 15.8. The van der Waals surface area contributed by atoms with E-state index in [0.29, 0.717) is 35.7 Å². The molecule has 0 radical (unpaired) electrons. The van der Waals surface area contributed by atoms with Crippen LogP contribution in [0, 0.1) is 39.9 Å². The second-order valence-electron chi connectivity index (χ2n) is 12.4. The Morgan fingerprint density at radius 2 is 1.82 bits per heavy atom. The lowest BCUT2D eigenvalue weighted by molar-refractivity contribution is -0.138. The fraction of sp³-hybridized carbons (Fsp3) is 0.733. The Labute approximate surface area is 206 Å². The molecule has 2 fully saturated rings. The van der Waals surface area contributed by atoms with Crippen molar-refractivity contribution < 1.29 is 19.8 Å². The van der Waals surface area contributed by atoms with Gasteiger partial charge in [-0.15, -0.1) is 0 Å². The molecule has 0 aromatic carbocycles. The maximum absolute atomic E-state index is 11.5. The van der Waals surface area contributed by atoms with Gasteiger partial charge in [0.25, 0.3) is 0 Å². The maximum atomic E-state index is 11.5. The van der Waals surface area contributed by atoms with Crippen molar-refractivity contribution in [2.24, 2.45) is 39.9 Å². The van der Waals surface area contributed by atoms with Gasteiger partial charge in [0.1, 0.15) is 0 Å². The molecule has 0 heterocycles. The van der Waals surface area contributed by atoms with Crippen molar-refractivity contribution in [2.75, 3.05) is 0 Å². The smallest absolute Gasteiger partial charge is 0.330 e. The Morgan fingerprint density at radius 1 is 1.15 bits per heavy atom. The number of carboxylic acid groups (broad SMARTS) is 2. The van der Waals surface area contributed by atoms with E-state index in [9.17, 15) is 14.7 Å². The molecule has 4 nitrogen and oxygen atoms in total. The van der Waals surface area contributed by atoms with Crippen molar-refractivity contribution in [2.45, 2.75) is 99.3 Å². The number of hydrogen-bond donors (Lipinski definition) is 2. The Balaban J connectivity index is 1.89. The summed E-state index contributed by atoms with van der Waals surface area (Å²) in [7, 11) is 0. The van der Waals surface area contributed by atoms with Gasteiger partial charge in [-0.05, 0) is 105 Å². The molecule has 2 saturated carbocycles. The van der Waals surface area contributed by atoms with E-state index in [4.69, 9.17) is 5.11 Å². The highest BCUT2D eigenvalue weighted by molar-refractivity contribution is 5.85. The number of rotatable bonds is 9. The van der Waals surface area contributed by atoms with Crippen LogP contribution in [-0.4, -0.2) is 22.2 Å². The third kappa shape index (κ3) is 4.42. The van der Waals surface area contributed by atoms with Gasteiger partial charge in [-0.2, -0.15) is 0 Å². The van der Waals surface area contributed by atoms with Crippen LogP contribution in [0.5, 0.6) is 0 Å². The van der Waals surface area contributed by atoms with Crippen molar-refractivity contribution in [1.29, 1.82) is 0 Å². The molecule has 3 rings (SSSR count). The van der Waals surface area contributed by atoms with Crippen LogP contribution in [0.25, 0.3) is 0 Å². The van der Waals surface area contributed by atoms with Crippen molar-refractivity contribution in [3.05, 3.63) is 35.5 Å². The lowest BCUT2D eigenvalue weighted by Crippen LogP contribution is -2.52. The quantitative estimate of drug-likeness (QED) is 0.268. The van der Waals surface area contributed by atoms with Crippen LogP contribution in [0.2, 0.25) is 0 Å². The van der Waals surface area contributed by atoms with Gasteiger partial charge in [0, 0.05) is 12.0 Å². The first kappa shape index (κ1) is 26.8. The minimum absolute atomic E-state index is 0.125. The highest BCUT2D eigenvalue weighted by Crippen LogP contribution is 2.71. The lowest BCUT2D eigenvalue weighted by atomic mass is 9.44. The predicted octanol–water partition coefficient (Wildman–Crippen LogP) is 7.66. The summed E-state index contributed by atoms with van der Waals surface area (Å²) in [4.78, 5) is 22.7. The first-order valence-electron chi connectivity index (χ1n) is 13.3. The van der Waals surface area contributed by atoms with Gasteiger partial charge in [-0.3, -0.25) is 4.79 Å². The molecular weight excluding hydrogens is 424 g/mol. The third-order valence-electron chi connectivity index (χ3n) is 10.7. The molecule has 3 aliphatic rings. The van der Waals surface area contributed by atoms with Gasteiger partial charge in [-0.25, -0.2) is 4.79 Å². The Hall–Kier alpha value is -1.84. The standard InChI is InChI=1S/C30H46O4/c1-19(2)22-11-12-25-24(28(22,5)16-15-26(31)32)14-18-29(6)23(13-17-30(25,29)7)20(3)9-8-10-21(4)27(33)34/h10,14,20,22-23,25H,1,8-9,11-13,15-18H2,2-7H3,(H,31,32)(H,33,34)/b21-10-/t20-,22+,23-,25-,28+,29-,30+/m1/s1. The van der Waals surface area contributed by atoms with E-state index in [-0.39, 0.29) is 22.7 Å². The van der Waals surface area contributed by atoms with Gasteiger partial charge in [-0.1, -0.05) is 57.6 Å². The minimum atomic E-state index is -0.825. The highest BCUT2D eigenvalue weighted by atomic mass is 16.4. The molecule has 4 heteroatoms. The molecule has 0 aromatic rings. The molecule has 190 valence electrons. The lowest BCUT2D eigenvalue weighted by Gasteiger charge is -2.60. The summed E-state index contributed by atoms with van der Waals surface area (Å²) in [6.07, 6.45) is 12.9. The first-order valence-corrected chi connectivity index (χ1v) is 13.3. The van der Waals surface area contributed by atoms with E-state index >= 15 is 0 Å². The Morgan fingerprint density at radius 3 is 2.41 bits per heavy atom. The molecule has 0 bridgehead atoms. The van der Waals surface area contributed by atoms with Crippen LogP contribution in [0.15, 0.2) is 35.5 Å². The van der Waals surface area contributed by atoms with E-state index in [0.717, 1.165) is 25.7 Å². The fourth-order valence-corrected chi connectivity index (χ4v) is 8.44. The van der Waals surface area contributed by atoms with Crippen LogP contribution in [0.3, 0.4) is 0 Å². The molecule has 0 aliphatic heterocycles. The Kier molecular flexibility index (Phi) is 7.60. The molecule has 0 aromatic heterocycles. The van der Waals surface area contributed by atoms with E-state index in [1.807, 2.05) is 6.08 Å². The largest absolute Gasteiger partial charge is 0.481 e.